The zero-order valence-corrected chi connectivity index (χ0v) is 21.3. The molecule has 0 radical (unpaired) electrons. The molecule has 1 N–H and O–H groups in total. The first-order valence-electron chi connectivity index (χ1n) is 11.5. The van der Waals surface area contributed by atoms with E-state index in [2.05, 4.69) is 10.3 Å². The molecule has 1 aliphatic heterocycles. The van der Waals surface area contributed by atoms with E-state index in [0.717, 1.165) is 9.21 Å². The number of sulfonamides is 1. The molecule has 0 saturated carbocycles. The number of benzene rings is 2. The molecule has 3 amide bonds. The minimum Gasteiger partial charge on any atom is -0.427 e. The lowest BCUT2D eigenvalue weighted by molar-refractivity contribution is -0.132. The minimum absolute atomic E-state index is 0.111. The van der Waals surface area contributed by atoms with Crippen LogP contribution in [0.15, 0.2) is 78.0 Å². The molecule has 4 rings (SSSR count). The Morgan fingerprint density at radius 2 is 1.74 bits per heavy atom. The molecule has 2 aromatic carbocycles. The van der Waals surface area contributed by atoms with Gasteiger partial charge in [0.05, 0.1) is 17.0 Å². The average Bonchev–Trinajstić information content (AvgIpc) is 3.16. The van der Waals surface area contributed by atoms with Crippen LogP contribution in [0.2, 0.25) is 0 Å². The molecule has 1 aromatic heterocycles. The van der Waals surface area contributed by atoms with E-state index in [4.69, 9.17) is 4.74 Å². The summed E-state index contributed by atoms with van der Waals surface area (Å²) in [7, 11) is -4.27. The molecule has 1 fully saturated rings. The SMILES string of the molecule is CC(=O)Nc1ccc(S(=O)(=O)N(Cc2cccnc2)C2CC(=O)N(c3ccc(OC(C)=O)cc3)C2=O)cc1. The third kappa shape index (κ3) is 5.76. The number of carbonyl (C=O) groups excluding carboxylic acids is 4. The van der Waals surface area contributed by atoms with Gasteiger partial charge in [0.2, 0.25) is 21.8 Å². The summed E-state index contributed by atoms with van der Waals surface area (Å²) in [6, 6.07) is 13.3. The molecule has 0 spiro atoms. The highest BCUT2D eigenvalue weighted by Gasteiger charge is 2.47. The molecule has 1 unspecified atom stereocenters. The number of rotatable bonds is 8. The predicted molar refractivity (Wildman–Crippen MR) is 136 cm³/mol. The number of ether oxygens (including phenoxy) is 1. The molecule has 38 heavy (non-hydrogen) atoms. The maximum atomic E-state index is 13.8. The van der Waals surface area contributed by atoms with Crippen molar-refractivity contribution in [3.8, 4) is 5.75 Å². The molecular formula is C26H24N4O7S. The molecule has 196 valence electrons. The van der Waals surface area contributed by atoms with Gasteiger partial charge in [0.15, 0.2) is 0 Å². The van der Waals surface area contributed by atoms with Gasteiger partial charge < -0.3 is 10.1 Å². The molecule has 1 atom stereocenters. The summed E-state index contributed by atoms with van der Waals surface area (Å²) in [5.41, 5.74) is 1.15. The molecule has 3 aromatic rings. The third-order valence-electron chi connectivity index (χ3n) is 5.67. The second kappa shape index (κ2) is 10.9. The Labute approximate surface area is 219 Å². The van der Waals surface area contributed by atoms with E-state index < -0.39 is 33.8 Å². The van der Waals surface area contributed by atoms with Crippen LogP contribution in [-0.2, 0) is 35.7 Å². The quantitative estimate of drug-likeness (QED) is 0.263. The molecule has 2 heterocycles. The number of nitrogens with one attached hydrogen (secondary N) is 1. The highest BCUT2D eigenvalue weighted by atomic mass is 32.2. The molecule has 11 nitrogen and oxygen atoms in total. The first-order valence-corrected chi connectivity index (χ1v) is 12.9. The number of hydrogen-bond donors (Lipinski definition) is 1. The predicted octanol–water partition coefficient (Wildman–Crippen LogP) is 2.49. The molecule has 1 aliphatic rings. The summed E-state index contributed by atoms with van der Waals surface area (Å²) in [5, 5.41) is 2.57. The van der Waals surface area contributed by atoms with Gasteiger partial charge in [-0.05, 0) is 60.2 Å². The number of anilines is 2. The van der Waals surface area contributed by atoms with Crippen LogP contribution < -0.4 is 15.0 Å². The molecular weight excluding hydrogens is 512 g/mol. The number of hydrogen-bond acceptors (Lipinski definition) is 8. The van der Waals surface area contributed by atoms with Gasteiger partial charge in [0.25, 0.3) is 5.91 Å². The number of carbonyl (C=O) groups is 4. The van der Waals surface area contributed by atoms with E-state index in [-0.39, 0.29) is 35.2 Å². The van der Waals surface area contributed by atoms with Crippen molar-refractivity contribution in [2.75, 3.05) is 10.2 Å². The number of nitrogens with zero attached hydrogens (tertiary/aromatic N) is 3. The highest BCUT2D eigenvalue weighted by Crippen LogP contribution is 2.31. The van der Waals surface area contributed by atoms with Gasteiger partial charge >= 0.3 is 5.97 Å². The summed E-state index contributed by atoms with van der Waals surface area (Å²) in [4.78, 5) is 53.8. The molecule has 12 heteroatoms. The lowest BCUT2D eigenvalue weighted by Crippen LogP contribution is -2.45. The fraction of sp³-hybridized carbons (Fsp3) is 0.192. The number of aromatic nitrogens is 1. The second-order valence-corrected chi connectivity index (χ2v) is 10.4. The first-order chi connectivity index (χ1) is 18.1. The van der Waals surface area contributed by atoms with Gasteiger partial charge in [0, 0.05) is 38.5 Å². The van der Waals surface area contributed by atoms with Crippen LogP contribution in [0, 0.1) is 0 Å². The monoisotopic (exact) mass is 536 g/mol. The Kier molecular flexibility index (Phi) is 7.65. The number of imide groups is 1. The van der Waals surface area contributed by atoms with Crippen LogP contribution in [0.25, 0.3) is 0 Å². The van der Waals surface area contributed by atoms with Crippen LogP contribution in [0.1, 0.15) is 25.8 Å². The van der Waals surface area contributed by atoms with Crippen molar-refractivity contribution in [2.45, 2.75) is 37.8 Å². The van der Waals surface area contributed by atoms with Gasteiger partial charge in [-0.1, -0.05) is 6.07 Å². The number of pyridine rings is 1. The Balaban J connectivity index is 1.68. The van der Waals surface area contributed by atoms with E-state index >= 15 is 0 Å². The van der Waals surface area contributed by atoms with Crippen molar-refractivity contribution >= 4 is 45.1 Å². The van der Waals surface area contributed by atoms with Crippen LogP contribution in [0.5, 0.6) is 5.75 Å². The Morgan fingerprint density at radius 1 is 1.05 bits per heavy atom. The van der Waals surface area contributed by atoms with Gasteiger partial charge in [0.1, 0.15) is 11.8 Å². The normalized spacial score (nSPS) is 15.6. The third-order valence-corrected chi connectivity index (χ3v) is 7.54. The van der Waals surface area contributed by atoms with Gasteiger partial charge in [-0.15, -0.1) is 0 Å². The van der Waals surface area contributed by atoms with Crippen molar-refractivity contribution in [2.24, 2.45) is 0 Å². The maximum absolute atomic E-state index is 13.8. The van der Waals surface area contributed by atoms with E-state index in [9.17, 15) is 27.6 Å². The Hall–Kier alpha value is -4.42. The summed E-state index contributed by atoms with van der Waals surface area (Å²) in [5.74, 6) is -1.88. The molecule has 0 aliphatic carbocycles. The van der Waals surface area contributed by atoms with E-state index in [1.165, 1.54) is 74.8 Å². The summed E-state index contributed by atoms with van der Waals surface area (Å²) in [6.45, 7) is 2.38. The largest absolute Gasteiger partial charge is 0.427 e. The summed E-state index contributed by atoms with van der Waals surface area (Å²) in [6.07, 6.45) is 2.65. The van der Waals surface area contributed by atoms with Crippen LogP contribution in [0.4, 0.5) is 11.4 Å². The first kappa shape index (κ1) is 26.6. The smallest absolute Gasteiger partial charge is 0.308 e. The zero-order valence-electron chi connectivity index (χ0n) is 20.5. The molecule has 1 saturated heterocycles. The maximum Gasteiger partial charge on any atom is 0.308 e. The van der Waals surface area contributed by atoms with Gasteiger partial charge in [-0.2, -0.15) is 4.31 Å². The Bertz CT molecular complexity index is 1470. The van der Waals surface area contributed by atoms with Crippen molar-refractivity contribution in [1.29, 1.82) is 0 Å². The van der Waals surface area contributed by atoms with Crippen molar-refractivity contribution in [3.63, 3.8) is 0 Å². The summed E-state index contributed by atoms with van der Waals surface area (Å²) >= 11 is 0. The van der Waals surface area contributed by atoms with Gasteiger partial charge in [-0.3, -0.25) is 24.2 Å². The van der Waals surface area contributed by atoms with E-state index in [1.54, 1.807) is 12.1 Å². The fourth-order valence-electron chi connectivity index (χ4n) is 4.02. The Morgan fingerprint density at radius 3 is 2.32 bits per heavy atom. The van der Waals surface area contributed by atoms with Gasteiger partial charge in [-0.25, -0.2) is 13.3 Å². The van der Waals surface area contributed by atoms with Crippen molar-refractivity contribution in [3.05, 3.63) is 78.6 Å². The van der Waals surface area contributed by atoms with Crippen LogP contribution in [-0.4, -0.2) is 47.4 Å². The second-order valence-electron chi connectivity index (χ2n) is 8.49. The topological polar surface area (TPSA) is 143 Å². The van der Waals surface area contributed by atoms with E-state index in [1.807, 2.05) is 0 Å². The summed E-state index contributed by atoms with van der Waals surface area (Å²) < 4.78 is 33.6. The molecule has 0 bridgehead atoms. The average molecular weight is 537 g/mol. The highest BCUT2D eigenvalue weighted by molar-refractivity contribution is 7.89. The number of amides is 3. The lowest BCUT2D eigenvalue weighted by Gasteiger charge is -2.27. The van der Waals surface area contributed by atoms with E-state index in [0.29, 0.717) is 11.3 Å². The van der Waals surface area contributed by atoms with Crippen LogP contribution in [0.3, 0.4) is 0 Å². The lowest BCUT2D eigenvalue weighted by atomic mass is 10.2. The fourth-order valence-corrected chi connectivity index (χ4v) is 5.59. The van der Waals surface area contributed by atoms with Crippen molar-refractivity contribution < 1.29 is 32.3 Å². The minimum atomic E-state index is -4.27. The zero-order chi connectivity index (χ0) is 27.4. The van der Waals surface area contributed by atoms with Crippen LogP contribution >= 0.6 is 0 Å². The standard InChI is InChI=1S/C26H24N4O7S/c1-17(31)28-20-5-11-23(12-6-20)38(35,36)29(16-19-4-3-13-27-15-19)24-14-25(33)30(26(24)34)21-7-9-22(10-8-21)37-18(2)32/h3-13,15,24H,14,16H2,1-2H3,(H,28,31). The van der Waals surface area contributed by atoms with Crippen molar-refractivity contribution in [1.82, 2.24) is 9.29 Å². The number of esters is 1.